The number of rotatable bonds is 14. The van der Waals surface area contributed by atoms with Crippen molar-refractivity contribution in [2.45, 2.75) is 75.9 Å². The molecule has 2 aromatic rings. The highest BCUT2D eigenvalue weighted by atomic mass is 32.2. The number of aliphatic hydroxyl groups excluding tert-OH is 1. The molecule has 3 aliphatic heterocycles. The molecule has 5 rings (SSSR count). The summed E-state index contributed by atoms with van der Waals surface area (Å²) in [4.78, 5) is 13.2. The first-order chi connectivity index (χ1) is 21.9. The molecule has 2 saturated heterocycles. The Bertz CT molecular complexity index is 1490. The minimum absolute atomic E-state index is 0.00952. The molecule has 252 valence electrons. The van der Waals surface area contributed by atoms with E-state index in [4.69, 9.17) is 28.9 Å². The Hall–Kier alpha value is -3.43. The van der Waals surface area contributed by atoms with Gasteiger partial charge in [-0.2, -0.15) is 4.31 Å². The number of fused-ring (bicyclic) bond motifs is 2. The lowest BCUT2D eigenvalue weighted by Crippen LogP contribution is -2.52. The minimum atomic E-state index is -4.17. The molecule has 13 nitrogen and oxygen atoms in total. The van der Waals surface area contributed by atoms with E-state index in [1.54, 1.807) is 13.0 Å². The van der Waals surface area contributed by atoms with Crippen LogP contribution in [0.3, 0.4) is 0 Å². The van der Waals surface area contributed by atoms with Gasteiger partial charge in [0.05, 0.1) is 41.9 Å². The molecule has 0 aliphatic carbocycles. The summed E-state index contributed by atoms with van der Waals surface area (Å²) < 4.78 is 57.3. The number of aliphatic hydroxyl groups is 1. The van der Waals surface area contributed by atoms with Crippen LogP contribution in [0, 0.1) is 11.3 Å². The van der Waals surface area contributed by atoms with E-state index in [0.29, 0.717) is 43.1 Å². The molecule has 3 aliphatic rings. The molecular formula is C32H43N3O10S. The third-order valence-electron chi connectivity index (χ3n) is 8.62. The quantitative estimate of drug-likeness (QED) is 0.155. The predicted molar refractivity (Wildman–Crippen MR) is 166 cm³/mol. The van der Waals surface area contributed by atoms with Gasteiger partial charge >= 0.3 is 6.09 Å². The maximum absolute atomic E-state index is 14.2. The van der Waals surface area contributed by atoms with Gasteiger partial charge in [0.15, 0.2) is 17.8 Å². The van der Waals surface area contributed by atoms with Crippen molar-refractivity contribution in [2.75, 3.05) is 33.1 Å². The van der Waals surface area contributed by atoms with Crippen LogP contribution < -0.4 is 14.8 Å². The molecule has 5 atom stereocenters. The molecule has 3 N–H and O–H groups in total. The Morgan fingerprint density at radius 3 is 2.67 bits per heavy atom. The van der Waals surface area contributed by atoms with E-state index in [0.717, 1.165) is 5.56 Å². The summed E-state index contributed by atoms with van der Waals surface area (Å²) in [5, 5.41) is 26.9. The lowest BCUT2D eigenvalue weighted by Gasteiger charge is -2.35. The number of oxime groups is 1. The van der Waals surface area contributed by atoms with Crippen LogP contribution in [0.4, 0.5) is 4.79 Å². The Morgan fingerprint density at radius 1 is 1.15 bits per heavy atom. The van der Waals surface area contributed by atoms with Crippen molar-refractivity contribution in [1.29, 1.82) is 0 Å². The first-order valence-electron chi connectivity index (χ1n) is 15.4. The standard InChI is InChI=1S/C32H43N3O10S/c1-21(34-38)11-13-32(2,3)19-35(46(39,40)23-9-10-27-28(16-23)44-20-43-27)17-26(36)25(15-22-7-5-4-6-8-22)33-31(37)45-29-18-42-30-24(29)12-14-41-30/h4-10,16,24-26,29-30,36,38H,11-15,17-20H2,1-3H3,(H,33,37)/b34-21+/t24?,25-,26?,29?,30?/m0/s1. The summed E-state index contributed by atoms with van der Waals surface area (Å²) in [5.41, 5.74) is 0.773. The van der Waals surface area contributed by atoms with Crippen molar-refractivity contribution >= 4 is 21.8 Å². The highest BCUT2D eigenvalue weighted by Crippen LogP contribution is 2.36. The Morgan fingerprint density at radius 2 is 1.91 bits per heavy atom. The molecule has 2 aromatic carbocycles. The van der Waals surface area contributed by atoms with Crippen LogP contribution in [0.5, 0.6) is 11.5 Å². The second-order valence-corrected chi connectivity index (χ2v) is 14.7. The van der Waals surface area contributed by atoms with Gasteiger partial charge in [-0.1, -0.05) is 49.3 Å². The number of hydrogen-bond donors (Lipinski definition) is 3. The van der Waals surface area contributed by atoms with E-state index in [1.807, 2.05) is 44.2 Å². The maximum Gasteiger partial charge on any atom is 0.407 e. The molecule has 0 bridgehead atoms. The summed E-state index contributed by atoms with van der Waals surface area (Å²) in [6, 6.07) is 12.8. The van der Waals surface area contributed by atoms with Gasteiger partial charge in [-0.3, -0.25) is 0 Å². The molecule has 1 amide bonds. The summed E-state index contributed by atoms with van der Waals surface area (Å²) in [6.07, 6.45) is -1.04. The lowest BCUT2D eigenvalue weighted by molar-refractivity contribution is -0.0907. The number of alkyl carbamates (subject to hydrolysis) is 1. The predicted octanol–water partition coefficient (Wildman–Crippen LogP) is 3.52. The molecular weight excluding hydrogens is 618 g/mol. The van der Waals surface area contributed by atoms with E-state index >= 15 is 0 Å². The molecule has 0 spiro atoms. The molecule has 4 unspecified atom stereocenters. The maximum atomic E-state index is 14.2. The normalized spacial score (nSPS) is 22.5. The smallest absolute Gasteiger partial charge is 0.407 e. The van der Waals surface area contributed by atoms with E-state index in [-0.39, 0.29) is 43.7 Å². The number of ether oxygens (including phenoxy) is 5. The third kappa shape index (κ3) is 8.28. The van der Waals surface area contributed by atoms with Gasteiger partial charge in [0.1, 0.15) is 6.10 Å². The van der Waals surface area contributed by atoms with Crippen molar-refractivity contribution in [1.82, 2.24) is 9.62 Å². The average Bonchev–Trinajstić information content (AvgIpc) is 3.78. The van der Waals surface area contributed by atoms with Crippen LogP contribution in [-0.4, -0.2) is 92.5 Å². The fourth-order valence-electron chi connectivity index (χ4n) is 5.92. The summed E-state index contributed by atoms with van der Waals surface area (Å²) in [6.45, 7) is 5.96. The fraction of sp³-hybridized carbons (Fsp3) is 0.562. The zero-order valence-electron chi connectivity index (χ0n) is 26.3. The number of nitrogens with zero attached hydrogens (tertiary/aromatic N) is 2. The van der Waals surface area contributed by atoms with Crippen molar-refractivity contribution in [3.63, 3.8) is 0 Å². The third-order valence-corrected chi connectivity index (χ3v) is 10.4. The van der Waals surface area contributed by atoms with E-state index < -0.39 is 46.1 Å². The SMILES string of the molecule is C/C(CCC(C)(C)CN(CC(O)[C@H](Cc1ccccc1)NC(=O)OC1COC2OCCC12)S(=O)(=O)c1ccc2c(c1)OCO2)=N\O. The fourth-order valence-corrected chi connectivity index (χ4v) is 7.58. The Labute approximate surface area is 269 Å². The summed E-state index contributed by atoms with van der Waals surface area (Å²) in [5.74, 6) is 0.693. The molecule has 0 saturated carbocycles. The van der Waals surface area contributed by atoms with Gasteiger partial charge in [-0.05, 0) is 55.7 Å². The second-order valence-electron chi connectivity index (χ2n) is 12.8. The first-order valence-corrected chi connectivity index (χ1v) is 16.9. The van der Waals surface area contributed by atoms with Crippen LogP contribution in [0.25, 0.3) is 0 Å². The Balaban J connectivity index is 1.38. The number of benzene rings is 2. The summed E-state index contributed by atoms with van der Waals surface area (Å²) in [7, 11) is -4.17. The topological polar surface area (TPSA) is 165 Å². The molecule has 2 fully saturated rings. The zero-order valence-corrected chi connectivity index (χ0v) is 27.1. The number of carbonyl (C=O) groups is 1. The van der Waals surface area contributed by atoms with Gasteiger partial charge < -0.3 is 39.3 Å². The molecule has 46 heavy (non-hydrogen) atoms. The van der Waals surface area contributed by atoms with E-state index in [2.05, 4.69) is 10.5 Å². The molecule has 0 radical (unpaired) electrons. The van der Waals surface area contributed by atoms with Gasteiger partial charge in [0.25, 0.3) is 0 Å². The number of carbonyl (C=O) groups excluding carboxylic acids is 1. The molecule has 0 aromatic heterocycles. The van der Waals surface area contributed by atoms with Crippen LogP contribution in [-0.2, 0) is 30.7 Å². The summed E-state index contributed by atoms with van der Waals surface area (Å²) >= 11 is 0. The number of amides is 1. The lowest BCUT2D eigenvalue weighted by atomic mass is 9.86. The average molecular weight is 662 g/mol. The van der Waals surface area contributed by atoms with Crippen molar-refractivity contribution in [3.8, 4) is 11.5 Å². The van der Waals surface area contributed by atoms with Gasteiger partial charge in [-0.15, -0.1) is 0 Å². The molecule has 14 heteroatoms. The number of nitrogens with one attached hydrogen (secondary N) is 1. The van der Waals surface area contributed by atoms with Gasteiger partial charge in [0, 0.05) is 19.2 Å². The van der Waals surface area contributed by atoms with Crippen LogP contribution in [0.2, 0.25) is 0 Å². The van der Waals surface area contributed by atoms with Crippen LogP contribution in [0.1, 0.15) is 45.6 Å². The van der Waals surface area contributed by atoms with Crippen molar-refractivity contribution < 1.29 is 47.2 Å². The molecule has 3 heterocycles. The zero-order chi connectivity index (χ0) is 32.9. The van der Waals surface area contributed by atoms with Crippen LogP contribution in [0.15, 0.2) is 58.6 Å². The van der Waals surface area contributed by atoms with Crippen LogP contribution >= 0.6 is 0 Å². The van der Waals surface area contributed by atoms with Crippen molar-refractivity contribution in [2.24, 2.45) is 16.5 Å². The highest BCUT2D eigenvalue weighted by Gasteiger charge is 2.44. The van der Waals surface area contributed by atoms with Gasteiger partial charge in [-0.25, -0.2) is 13.2 Å². The monoisotopic (exact) mass is 661 g/mol. The first kappa shape index (κ1) is 33.9. The number of sulfonamides is 1. The van der Waals surface area contributed by atoms with E-state index in [9.17, 15) is 18.3 Å². The number of hydrogen-bond acceptors (Lipinski definition) is 11. The second kappa shape index (κ2) is 14.6. The van der Waals surface area contributed by atoms with E-state index in [1.165, 1.54) is 16.4 Å². The highest BCUT2D eigenvalue weighted by molar-refractivity contribution is 7.89. The minimum Gasteiger partial charge on any atom is -0.454 e. The Kier molecular flexibility index (Phi) is 10.7. The van der Waals surface area contributed by atoms with Gasteiger partial charge in [0.2, 0.25) is 16.8 Å². The van der Waals surface area contributed by atoms with Crippen molar-refractivity contribution in [3.05, 3.63) is 54.1 Å². The largest absolute Gasteiger partial charge is 0.454 e.